The van der Waals surface area contributed by atoms with Crippen LogP contribution in [-0.2, 0) is 6.61 Å². The van der Waals surface area contributed by atoms with Crippen LogP contribution in [0, 0.1) is 6.92 Å². The maximum Gasteiger partial charge on any atom is 0.166 e. The van der Waals surface area contributed by atoms with Gasteiger partial charge in [-0.25, -0.2) is 9.97 Å². The van der Waals surface area contributed by atoms with Crippen LogP contribution >= 0.6 is 11.6 Å². The first kappa shape index (κ1) is 17.6. The van der Waals surface area contributed by atoms with Gasteiger partial charge in [0.1, 0.15) is 12.4 Å². The van der Waals surface area contributed by atoms with Crippen molar-refractivity contribution in [2.45, 2.75) is 13.5 Å². The van der Waals surface area contributed by atoms with E-state index in [1.54, 1.807) is 18.5 Å². The molecule has 0 aliphatic carbocycles. The lowest BCUT2D eigenvalue weighted by Crippen LogP contribution is -2.00. The molecule has 0 spiro atoms. The summed E-state index contributed by atoms with van der Waals surface area (Å²) in [5.74, 6) is 1.39. The third kappa shape index (κ3) is 3.30. The van der Waals surface area contributed by atoms with E-state index >= 15 is 0 Å². The highest BCUT2D eigenvalue weighted by Crippen LogP contribution is 2.37. The van der Waals surface area contributed by atoms with Gasteiger partial charge in [-0.15, -0.1) is 0 Å². The van der Waals surface area contributed by atoms with E-state index in [4.69, 9.17) is 16.3 Å². The van der Waals surface area contributed by atoms with Gasteiger partial charge in [-0.1, -0.05) is 23.7 Å². The zero-order chi connectivity index (χ0) is 19.8. The van der Waals surface area contributed by atoms with Crippen molar-refractivity contribution in [1.82, 2.24) is 19.9 Å². The molecular weight excluding hydrogens is 384 g/mol. The molecule has 0 saturated heterocycles. The fourth-order valence-electron chi connectivity index (χ4n) is 3.56. The molecule has 6 heteroatoms. The number of nitrogens with zero attached hydrogens (tertiary/aromatic N) is 3. The number of hydrogen-bond acceptors (Lipinski definition) is 4. The van der Waals surface area contributed by atoms with E-state index in [-0.39, 0.29) is 0 Å². The number of hydrogen-bond donors (Lipinski definition) is 1. The lowest BCUT2D eigenvalue weighted by molar-refractivity contribution is 0.296. The van der Waals surface area contributed by atoms with Crippen molar-refractivity contribution >= 4 is 33.4 Å². The van der Waals surface area contributed by atoms with Gasteiger partial charge >= 0.3 is 0 Å². The van der Waals surface area contributed by atoms with Gasteiger partial charge in [0, 0.05) is 39.9 Å². The molecule has 0 unspecified atom stereocenters. The van der Waals surface area contributed by atoms with Crippen molar-refractivity contribution in [3.63, 3.8) is 0 Å². The number of fused-ring (bicyclic) bond motifs is 3. The Labute approximate surface area is 172 Å². The van der Waals surface area contributed by atoms with Gasteiger partial charge in [0.15, 0.2) is 5.82 Å². The predicted molar refractivity (Wildman–Crippen MR) is 115 cm³/mol. The van der Waals surface area contributed by atoms with Crippen molar-refractivity contribution in [2.24, 2.45) is 0 Å². The van der Waals surface area contributed by atoms with Gasteiger partial charge in [0.25, 0.3) is 0 Å². The van der Waals surface area contributed by atoms with Crippen LogP contribution < -0.4 is 4.74 Å². The molecular formula is C23H17ClN4O. The summed E-state index contributed by atoms with van der Waals surface area (Å²) in [5.41, 5.74) is 5.05. The quantitative estimate of drug-likeness (QED) is 0.419. The molecule has 5 rings (SSSR count). The minimum absolute atomic E-state index is 0.312. The van der Waals surface area contributed by atoms with E-state index in [1.807, 2.05) is 55.6 Å². The number of aryl methyl sites for hydroxylation is 1. The van der Waals surface area contributed by atoms with Gasteiger partial charge in [-0.05, 0) is 48.9 Å². The van der Waals surface area contributed by atoms with Crippen molar-refractivity contribution < 1.29 is 4.74 Å². The molecule has 142 valence electrons. The monoisotopic (exact) mass is 400 g/mol. The molecule has 1 N–H and O–H groups in total. The SMILES string of the molecule is Cc1nccc2c1[nH]c1c(-c3cccc(OCc4ncccn4)c3)cc(Cl)cc12. The van der Waals surface area contributed by atoms with Crippen LogP contribution in [-0.4, -0.2) is 19.9 Å². The van der Waals surface area contributed by atoms with Crippen LogP contribution in [0.2, 0.25) is 5.02 Å². The fraction of sp³-hybridized carbons (Fsp3) is 0.0870. The second-order valence-corrected chi connectivity index (χ2v) is 7.24. The highest BCUT2D eigenvalue weighted by Gasteiger charge is 2.13. The van der Waals surface area contributed by atoms with Crippen LogP contribution in [0.15, 0.2) is 67.1 Å². The summed E-state index contributed by atoms with van der Waals surface area (Å²) >= 11 is 6.47. The molecule has 29 heavy (non-hydrogen) atoms. The smallest absolute Gasteiger partial charge is 0.166 e. The number of H-pyrrole nitrogens is 1. The lowest BCUT2D eigenvalue weighted by Gasteiger charge is -2.09. The molecule has 0 aliphatic rings. The summed E-state index contributed by atoms with van der Waals surface area (Å²) in [7, 11) is 0. The summed E-state index contributed by atoms with van der Waals surface area (Å²) in [6.07, 6.45) is 5.24. The summed E-state index contributed by atoms with van der Waals surface area (Å²) < 4.78 is 5.90. The molecule has 5 aromatic rings. The molecule has 3 aromatic heterocycles. The maximum atomic E-state index is 6.47. The maximum absolute atomic E-state index is 6.47. The number of nitrogens with one attached hydrogen (secondary N) is 1. The number of benzene rings is 2. The van der Waals surface area contributed by atoms with E-state index in [0.717, 1.165) is 44.4 Å². The highest BCUT2D eigenvalue weighted by molar-refractivity contribution is 6.32. The number of aromatic amines is 1. The van der Waals surface area contributed by atoms with Gasteiger partial charge in [0.05, 0.1) is 16.7 Å². The zero-order valence-electron chi connectivity index (χ0n) is 15.7. The minimum Gasteiger partial charge on any atom is -0.486 e. The Hall–Kier alpha value is -3.44. The first-order valence-electron chi connectivity index (χ1n) is 9.25. The Morgan fingerprint density at radius 2 is 1.76 bits per heavy atom. The number of ether oxygens (including phenoxy) is 1. The van der Waals surface area contributed by atoms with Gasteiger partial charge in [0.2, 0.25) is 0 Å². The van der Waals surface area contributed by atoms with Gasteiger partial charge in [-0.2, -0.15) is 0 Å². The number of pyridine rings is 1. The molecule has 0 fully saturated rings. The summed E-state index contributed by atoms with van der Waals surface area (Å²) in [6.45, 7) is 2.31. The molecule has 3 heterocycles. The number of aromatic nitrogens is 4. The molecule has 0 saturated carbocycles. The van der Waals surface area contributed by atoms with Crippen molar-refractivity contribution in [1.29, 1.82) is 0 Å². The van der Waals surface area contributed by atoms with Crippen molar-refractivity contribution in [3.05, 3.63) is 83.7 Å². The average molecular weight is 401 g/mol. The Morgan fingerprint density at radius 1 is 0.897 bits per heavy atom. The first-order valence-corrected chi connectivity index (χ1v) is 9.62. The van der Waals surface area contributed by atoms with E-state index in [0.29, 0.717) is 17.5 Å². The van der Waals surface area contributed by atoms with Crippen molar-refractivity contribution in [3.8, 4) is 16.9 Å². The van der Waals surface area contributed by atoms with Crippen LogP contribution in [0.3, 0.4) is 0 Å². The first-order chi connectivity index (χ1) is 14.2. The third-order valence-corrected chi connectivity index (χ3v) is 5.13. The Balaban J connectivity index is 1.58. The largest absolute Gasteiger partial charge is 0.486 e. The van der Waals surface area contributed by atoms with Crippen LogP contribution in [0.25, 0.3) is 32.9 Å². The summed E-state index contributed by atoms with van der Waals surface area (Å²) in [4.78, 5) is 16.3. The zero-order valence-corrected chi connectivity index (χ0v) is 16.4. The molecule has 0 aliphatic heterocycles. The van der Waals surface area contributed by atoms with Gasteiger partial charge < -0.3 is 9.72 Å². The number of rotatable bonds is 4. The Bertz CT molecular complexity index is 1330. The standard InChI is InChI=1S/C23H17ClN4O/c1-14-22-18(6-9-25-14)20-12-16(24)11-19(23(20)28-22)15-4-2-5-17(10-15)29-13-21-26-7-3-8-27-21/h2-12,28H,13H2,1H3. The topological polar surface area (TPSA) is 63.7 Å². The highest BCUT2D eigenvalue weighted by atomic mass is 35.5. The predicted octanol–water partition coefficient (Wildman–Crippen LogP) is 5.71. The average Bonchev–Trinajstić information content (AvgIpc) is 3.13. The van der Waals surface area contributed by atoms with Crippen molar-refractivity contribution in [2.75, 3.05) is 0 Å². The fourth-order valence-corrected chi connectivity index (χ4v) is 3.78. The summed E-state index contributed by atoms with van der Waals surface area (Å²) in [5, 5.41) is 2.88. The van der Waals surface area contributed by atoms with E-state index in [1.165, 1.54) is 0 Å². The lowest BCUT2D eigenvalue weighted by atomic mass is 10.0. The molecule has 2 aromatic carbocycles. The molecule has 0 bridgehead atoms. The van der Waals surface area contributed by atoms with E-state index < -0.39 is 0 Å². The van der Waals surface area contributed by atoms with Crippen LogP contribution in [0.5, 0.6) is 5.75 Å². The Morgan fingerprint density at radius 3 is 2.62 bits per heavy atom. The van der Waals surface area contributed by atoms with E-state index in [2.05, 4.69) is 19.9 Å². The van der Waals surface area contributed by atoms with Crippen LogP contribution in [0.4, 0.5) is 0 Å². The second-order valence-electron chi connectivity index (χ2n) is 6.80. The van der Waals surface area contributed by atoms with E-state index in [9.17, 15) is 0 Å². The van der Waals surface area contributed by atoms with Gasteiger partial charge in [-0.3, -0.25) is 4.98 Å². The Kier molecular flexibility index (Phi) is 4.37. The molecule has 5 nitrogen and oxygen atoms in total. The normalized spacial score (nSPS) is 11.2. The molecule has 0 radical (unpaired) electrons. The molecule has 0 amide bonds. The minimum atomic E-state index is 0.312. The second kappa shape index (κ2) is 7.18. The molecule has 0 atom stereocenters. The third-order valence-electron chi connectivity index (χ3n) is 4.92. The summed E-state index contributed by atoms with van der Waals surface area (Å²) in [6, 6.07) is 15.7. The number of halogens is 1. The van der Waals surface area contributed by atoms with Crippen LogP contribution in [0.1, 0.15) is 11.5 Å².